The van der Waals surface area contributed by atoms with E-state index in [0.29, 0.717) is 46.6 Å². The number of amides is 1. The van der Waals surface area contributed by atoms with Crippen LogP contribution in [0.3, 0.4) is 0 Å². The van der Waals surface area contributed by atoms with Crippen LogP contribution in [0, 0.1) is 23.0 Å². The van der Waals surface area contributed by atoms with E-state index in [1.165, 1.54) is 30.5 Å². The zero-order chi connectivity index (χ0) is 35.3. The zero-order valence-electron chi connectivity index (χ0n) is 27.2. The average molecular weight is 707 g/mol. The first-order chi connectivity index (χ1) is 24.8. The molecule has 4 N–H and O–H groups in total. The Morgan fingerprint density at radius 2 is 1.78 bits per heavy atom. The van der Waals surface area contributed by atoms with Crippen LogP contribution in [0.1, 0.15) is 35.6 Å². The molecule has 0 radical (unpaired) electrons. The molecular weight excluding hydrogens is 674 g/mol. The van der Waals surface area contributed by atoms with Crippen LogP contribution < -0.4 is 21.6 Å². The van der Waals surface area contributed by atoms with Crippen molar-refractivity contribution in [3.8, 4) is 6.07 Å². The Hall–Kier alpha value is -5.90. The Morgan fingerprint density at radius 1 is 1.02 bits per heavy atom. The number of ether oxygens (including phenoxy) is 1. The number of rotatable bonds is 9. The third-order valence-electron chi connectivity index (χ3n) is 8.93. The predicted molar refractivity (Wildman–Crippen MR) is 191 cm³/mol. The van der Waals surface area contributed by atoms with E-state index in [9.17, 15) is 18.8 Å². The van der Waals surface area contributed by atoms with Crippen LogP contribution in [0.15, 0.2) is 109 Å². The SMILES string of the molecule is N#Cc1cnc2ccc(NC(C3=CN(C4CCN(C(=O)OCc5ccccc5)CC4)NN3)c3ccc(F)cc3)cc2c1Nc1ccc(F)c(Cl)c1. The second kappa shape index (κ2) is 14.9. The quantitative estimate of drug-likeness (QED) is 0.121. The molecule has 1 atom stereocenters. The van der Waals surface area contributed by atoms with E-state index in [1.807, 2.05) is 59.7 Å². The standard InChI is InChI=1S/C38H33ClF2N8O2/c39-32-19-29(10-12-33(32)41)44-36-26(20-42)21-43-34-13-11-28(18-31(34)36)45-37(25-6-8-27(40)9-7-25)35-22-49(47-46-35)30-14-16-48(17-15-30)38(50)51-23-24-4-2-1-3-5-24/h1-13,18-19,21-22,30,37,45-47H,14-17,23H2,(H,43,44). The van der Waals surface area contributed by atoms with Crippen molar-refractivity contribution in [2.75, 3.05) is 23.7 Å². The topological polar surface area (TPSA) is 118 Å². The van der Waals surface area contributed by atoms with Crippen molar-refractivity contribution >= 4 is 45.7 Å². The first-order valence-electron chi connectivity index (χ1n) is 16.4. The van der Waals surface area contributed by atoms with Crippen molar-refractivity contribution in [3.05, 3.63) is 142 Å². The number of likely N-dealkylation sites (tertiary alicyclic amines) is 1. The summed E-state index contributed by atoms with van der Waals surface area (Å²) < 4.78 is 33.4. The van der Waals surface area contributed by atoms with E-state index in [2.05, 4.69) is 32.6 Å². The minimum Gasteiger partial charge on any atom is -0.445 e. The Balaban J connectivity index is 1.10. The molecule has 1 fully saturated rings. The Kier molecular flexibility index (Phi) is 9.83. The van der Waals surface area contributed by atoms with Crippen molar-refractivity contribution in [2.45, 2.75) is 31.5 Å². The fourth-order valence-corrected chi connectivity index (χ4v) is 6.39. The van der Waals surface area contributed by atoms with Gasteiger partial charge in [-0.3, -0.25) is 9.99 Å². The first-order valence-corrected chi connectivity index (χ1v) is 16.8. The van der Waals surface area contributed by atoms with Crippen LogP contribution in [0.25, 0.3) is 10.9 Å². The fraction of sp³-hybridized carbons (Fsp3) is 0.184. The molecule has 7 rings (SSSR count). The molecule has 3 heterocycles. The molecule has 2 aliphatic rings. The molecule has 1 aromatic heterocycles. The lowest BCUT2D eigenvalue weighted by Crippen LogP contribution is -2.49. The number of piperidine rings is 1. The highest BCUT2D eigenvalue weighted by molar-refractivity contribution is 6.31. The Bertz CT molecular complexity index is 2120. The molecule has 5 aromatic rings. The van der Waals surface area contributed by atoms with Gasteiger partial charge in [0.05, 0.1) is 33.5 Å². The Morgan fingerprint density at radius 3 is 2.53 bits per heavy atom. The van der Waals surface area contributed by atoms with Crippen LogP contribution in [0.2, 0.25) is 5.02 Å². The maximum Gasteiger partial charge on any atom is 0.410 e. The molecule has 1 saturated heterocycles. The van der Waals surface area contributed by atoms with Gasteiger partial charge in [0, 0.05) is 48.3 Å². The number of pyridine rings is 1. The van der Waals surface area contributed by atoms with Crippen LogP contribution in [0.5, 0.6) is 0 Å². The molecule has 0 bridgehead atoms. The number of halogens is 3. The number of hydrazine groups is 2. The van der Waals surface area contributed by atoms with Gasteiger partial charge in [-0.25, -0.2) is 13.6 Å². The minimum atomic E-state index is -0.548. The second-order valence-electron chi connectivity index (χ2n) is 12.3. The lowest BCUT2D eigenvalue weighted by molar-refractivity contribution is 0.0681. The average Bonchev–Trinajstić information content (AvgIpc) is 3.65. The maximum absolute atomic E-state index is 14.0. The predicted octanol–water partition coefficient (Wildman–Crippen LogP) is 7.90. The van der Waals surface area contributed by atoms with Gasteiger partial charge < -0.3 is 25.7 Å². The highest BCUT2D eigenvalue weighted by Crippen LogP contribution is 2.34. The van der Waals surface area contributed by atoms with Crippen LogP contribution in [0.4, 0.5) is 30.6 Å². The summed E-state index contributed by atoms with van der Waals surface area (Å²) in [7, 11) is 0. The fourth-order valence-electron chi connectivity index (χ4n) is 6.21. The molecule has 0 spiro atoms. The van der Waals surface area contributed by atoms with Crippen molar-refractivity contribution in [2.24, 2.45) is 0 Å². The number of nitrogens with zero attached hydrogens (tertiary/aromatic N) is 4. The van der Waals surface area contributed by atoms with E-state index >= 15 is 0 Å². The molecule has 13 heteroatoms. The van der Waals surface area contributed by atoms with Gasteiger partial charge in [0.1, 0.15) is 24.3 Å². The molecule has 1 amide bonds. The highest BCUT2D eigenvalue weighted by Gasteiger charge is 2.31. The van der Waals surface area contributed by atoms with Crippen LogP contribution in [-0.4, -0.2) is 40.1 Å². The number of nitrogens with one attached hydrogen (secondary N) is 4. The van der Waals surface area contributed by atoms with E-state index < -0.39 is 11.9 Å². The molecule has 0 aliphatic carbocycles. The first kappa shape index (κ1) is 33.6. The molecule has 1 unspecified atom stereocenters. The largest absolute Gasteiger partial charge is 0.445 e. The molecular formula is C38H33ClF2N8O2. The third kappa shape index (κ3) is 7.65. The normalized spacial score (nSPS) is 15.1. The molecule has 51 heavy (non-hydrogen) atoms. The molecule has 258 valence electrons. The van der Waals surface area contributed by atoms with Gasteiger partial charge >= 0.3 is 6.09 Å². The minimum absolute atomic E-state index is 0.0479. The lowest BCUT2D eigenvalue weighted by Gasteiger charge is -2.35. The smallest absolute Gasteiger partial charge is 0.410 e. The summed E-state index contributed by atoms with van der Waals surface area (Å²) in [6.07, 6.45) is 4.59. The van der Waals surface area contributed by atoms with Gasteiger partial charge in [-0.15, -0.1) is 5.53 Å². The van der Waals surface area contributed by atoms with Crippen LogP contribution >= 0.6 is 11.6 Å². The summed E-state index contributed by atoms with van der Waals surface area (Å²) in [4.78, 5) is 18.9. The highest BCUT2D eigenvalue weighted by atomic mass is 35.5. The number of nitriles is 1. The monoisotopic (exact) mass is 706 g/mol. The number of benzene rings is 4. The molecule has 0 saturated carbocycles. The molecule has 10 nitrogen and oxygen atoms in total. The third-order valence-corrected chi connectivity index (χ3v) is 9.22. The summed E-state index contributed by atoms with van der Waals surface area (Å²) >= 11 is 6.03. The summed E-state index contributed by atoms with van der Waals surface area (Å²) in [5.74, 6) is -0.898. The Labute approximate surface area is 298 Å². The summed E-state index contributed by atoms with van der Waals surface area (Å²) in [5.41, 5.74) is 11.7. The summed E-state index contributed by atoms with van der Waals surface area (Å²) in [5, 5.41) is 19.3. The van der Waals surface area contributed by atoms with Crippen molar-refractivity contribution in [3.63, 3.8) is 0 Å². The maximum atomic E-state index is 14.0. The van der Waals surface area contributed by atoms with E-state index in [4.69, 9.17) is 16.3 Å². The van der Waals surface area contributed by atoms with Crippen molar-refractivity contribution in [1.82, 2.24) is 25.9 Å². The summed E-state index contributed by atoms with van der Waals surface area (Å²) in [6, 6.07) is 27.6. The number of carbonyl (C=O) groups excluding carboxylic acids is 1. The number of carbonyl (C=O) groups is 1. The zero-order valence-corrected chi connectivity index (χ0v) is 28.0. The van der Waals surface area contributed by atoms with E-state index in [0.717, 1.165) is 29.7 Å². The van der Waals surface area contributed by atoms with Gasteiger partial charge in [0.15, 0.2) is 0 Å². The van der Waals surface area contributed by atoms with Gasteiger partial charge in [-0.05, 0) is 72.5 Å². The molecule has 2 aliphatic heterocycles. The second-order valence-corrected chi connectivity index (χ2v) is 12.7. The number of fused-ring (bicyclic) bond motifs is 1. The number of hydrogen-bond donors (Lipinski definition) is 4. The van der Waals surface area contributed by atoms with Crippen molar-refractivity contribution < 1.29 is 18.3 Å². The number of hydrogen-bond acceptors (Lipinski definition) is 9. The van der Waals surface area contributed by atoms with E-state index in [-0.39, 0.29) is 29.6 Å². The van der Waals surface area contributed by atoms with Crippen molar-refractivity contribution in [1.29, 1.82) is 5.26 Å². The van der Waals surface area contributed by atoms with Crippen LogP contribution in [-0.2, 0) is 11.3 Å². The van der Waals surface area contributed by atoms with Gasteiger partial charge in [0.2, 0.25) is 0 Å². The number of anilines is 3. The molecule has 4 aromatic carbocycles. The van der Waals surface area contributed by atoms with Gasteiger partial charge in [0.25, 0.3) is 0 Å². The van der Waals surface area contributed by atoms with Gasteiger partial charge in [-0.2, -0.15) is 5.26 Å². The van der Waals surface area contributed by atoms with E-state index in [1.54, 1.807) is 23.1 Å². The summed E-state index contributed by atoms with van der Waals surface area (Å²) in [6.45, 7) is 1.33. The number of aromatic nitrogens is 1. The lowest BCUT2D eigenvalue weighted by atomic mass is 10.0. The van der Waals surface area contributed by atoms with Gasteiger partial charge in [-0.1, -0.05) is 54.1 Å².